The van der Waals surface area contributed by atoms with E-state index in [0.717, 1.165) is 6.42 Å². The minimum absolute atomic E-state index is 0.208. The molecule has 0 unspecified atom stereocenters. The Morgan fingerprint density at radius 2 is 1.32 bits per heavy atom. The molecule has 1 heterocycles. The van der Waals surface area contributed by atoms with Gasteiger partial charge in [-0.3, -0.25) is 19.3 Å². The van der Waals surface area contributed by atoms with E-state index in [1.807, 2.05) is 6.92 Å². The number of amides is 2. The third-order valence-electron chi connectivity index (χ3n) is 4.03. The predicted octanol–water partition coefficient (Wildman–Crippen LogP) is 1.68. The average Bonchev–Trinajstić information content (AvgIpc) is 2.94. The number of nitrogens with zero attached hydrogens (tertiary/aromatic N) is 1. The first-order valence-electron chi connectivity index (χ1n) is 9.49. The zero-order chi connectivity index (χ0) is 20.2. The molecule has 0 N–H and O–H groups in total. The molecule has 0 aliphatic carbocycles. The lowest BCUT2D eigenvalue weighted by atomic mass is 10.1. The lowest BCUT2D eigenvalue weighted by Gasteiger charge is -2.13. The number of fused-ring (bicyclic) bond motifs is 1. The standard InChI is InChI=1S/C20H27NO7/c1-2-5-18(22)28-15-14-27-13-12-26-11-10-25-9-8-21-19(23)16-6-3-4-7-17(16)20(21)24/h3-4,6-7H,2,5,8-15H2,1H3. The fourth-order valence-corrected chi connectivity index (χ4v) is 2.63. The molecule has 8 heteroatoms. The van der Waals surface area contributed by atoms with Crippen molar-refractivity contribution < 1.29 is 33.3 Å². The molecule has 1 aromatic carbocycles. The van der Waals surface area contributed by atoms with Crippen LogP contribution < -0.4 is 0 Å². The number of benzene rings is 1. The molecule has 0 saturated carbocycles. The minimum atomic E-state index is -0.280. The number of carbonyl (C=O) groups excluding carboxylic acids is 3. The van der Waals surface area contributed by atoms with Gasteiger partial charge in [0.2, 0.25) is 0 Å². The Bertz CT molecular complexity index is 627. The molecule has 0 spiro atoms. The maximum Gasteiger partial charge on any atom is 0.305 e. The van der Waals surface area contributed by atoms with E-state index in [1.54, 1.807) is 24.3 Å². The van der Waals surface area contributed by atoms with Gasteiger partial charge in [0.25, 0.3) is 11.8 Å². The number of esters is 1. The number of rotatable bonds is 14. The van der Waals surface area contributed by atoms with Crippen molar-refractivity contribution in [3.63, 3.8) is 0 Å². The minimum Gasteiger partial charge on any atom is -0.463 e. The topological polar surface area (TPSA) is 91.4 Å². The molecule has 28 heavy (non-hydrogen) atoms. The fourth-order valence-electron chi connectivity index (χ4n) is 2.63. The molecule has 1 aromatic rings. The van der Waals surface area contributed by atoms with Crippen LogP contribution in [0.3, 0.4) is 0 Å². The van der Waals surface area contributed by atoms with Crippen LogP contribution in [-0.4, -0.2) is 75.5 Å². The molecule has 0 aromatic heterocycles. The van der Waals surface area contributed by atoms with Crippen LogP contribution in [0.4, 0.5) is 0 Å². The van der Waals surface area contributed by atoms with E-state index in [9.17, 15) is 14.4 Å². The Labute approximate surface area is 164 Å². The molecule has 0 atom stereocenters. The van der Waals surface area contributed by atoms with Crippen molar-refractivity contribution in [1.82, 2.24) is 4.90 Å². The van der Waals surface area contributed by atoms with E-state index in [4.69, 9.17) is 18.9 Å². The maximum absolute atomic E-state index is 12.2. The van der Waals surface area contributed by atoms with E-state index < -0.39 is 0 Å². The van der Waals surface area contributed by atoms with Gasteiger partial charge in [-0.25, -0.2) is 0 Å². The molecule has 0 bridgehead atoms. The van der Waals surface area contributed by atoms with E-state index in [0.29, 0.717) is 50.6 Å². The van der Waals surface area contributed by atoms with Crippen molar-refractivity contribution in [2.24, 2.45) is 0 Å². The Morgan fingerprint density at radius 1 is 0.821 bits per heavy atom. The summed E-state index contributed by atoms with van der Waals surface area (Å²) in [7, 11) is 0. The van der Waals surface area contributed by atoms with Gasteiger partial charge in [-0.15, -0.1) is 0 Å². The smallest absolute Gasteiger partial charge is 0.305 e. The van der Waals surface area contributed by atoms with Gasteiger partial charge in [0, 0.05) is 6.42 Å². The van der Waals surface area contributed by atoms with Crippen LogP contribution in [0.15, 0.2) is 24.3 Å². The van der Waals surface area contributed by atoms with Gasteiger partial charge in [-0.2, -0.15) is 0 Å². The van der Waals surface area contributed by atoms with Crippen molar-refractivity contribution in [3.8, 4) is 0 Å². The van der Waals surface area contributed by atoms with E-state index in [1.165, 1.54) is 4.90 Å². The molecule has 2 rings (SSSR count). The van der Waals surface area contributed by atoms with E-state index in [2.05, 4.69) is 0 Å². The average molecular weight is 393 g/mol. The third-order valence-corrected chi connectivity index (χ3v) is 4.03. The molecule has 8 nitrogen and oxygen atoms in total. The highest BCUT2D eigenvalue weighted by Crippen LogP contribution is 2.21. The van der Waals surface area contributed by atoms with E-state index in [-0.39, 0.29) is 37.5 Å². The summed E-state index contributed by atoms with van der Waals surface area (Å²) in [6, 6.07) is 6.79. The second-order valence-corrected chi connectivity index (χ2v) is 6.12. The summed E-state index contributed by atoms with van der Waals surface area (Å²) in [5, 5.41) is 0. The number of carbonyl (C=O) groups is 3. The summed E-state index contributed by atoms with van der Waals surface area (Å²) in [5.41, 5.74) is 0.881. The van der Waals surface area contributed by atoms with Gasteiger partial charge in [0.05, 0.1) is 57.3 Å². The number of hydrogen-bond acceptors (Lipinski definition) is 7. The highest BCUT2D eigenvalue weighted by molar-refractivity contribution is 6.21. The van der Waals surface area contributed by atoms with Crippen LogP contribution in [-0.2, 0) is 23.7 Å². The number of hydrogen-bond donors (Lipinski definition) is 0. The second kappa shape index (κ2) is 12.2. The lowest BCUT2D eigenvalue weighted by molar-refractivity contribution is -0.145. The largest absolute Gasteiger partial charge is 0.463 e. The van der Waals surface area contributed by atoms with Gasteiger partial charge in [0.15, 0.2) is 0 Å². The van der Waals surface area contributed by atoms with Crippen LogP contribution in [0.1, 0.15) is 40.5 Å². The number of imide groups is 1. The molecule has 1 aliphatic rings. The molecule has 2 amide bonds. The van der Waals surface area contributed by atoms with Crippen LogP contribution in [0.25, 0.3) is 0 Å². The molecule has 0 fully saturated rings. The molecular formula is C20H27NO7. The van der Waals surface area contributed by atoms with Crippen molar-refractivity contribution in [2.75, 3.05) is 52.8 Å². The van der Waals surface area contributed by atoms with Gasteiger partial charge in [-0.1, -0.05) is 19.1 Å². The van der Waals surface area contributed by atoms with Crippen LogP contribution in [0.2, 0.25) is 0 Å². The SMILES string of the molecule is CCCC(=O)OCCOCCOCCOCCN1C(=O)c2ccccc2C1=O. The molecule has 154 valence electrons. The first-order valence-corrected chi connectivity index (χ1v) is 9.49. The summed E-state index contributed by atoms with van der Waals surface area (Å²) in [5.74, 6) is -0.767. The summed E-state index contributed by atoms with van der Waals surface area (Å²) in [6.45, 7) is 4.54. The Balaban J connectivity index is 1.43. The quantitative estimate of drug-likeness (QED) is 0.270. The second-order valence-electron chi connectivity index (χ2n) is 6.12. The normalized spacial score (nSPS) is 13.1. The highest BCUT2D eigenvalue weighted by Gasteiger charge is 2.34. The van der Waals surface area contributed by atoms with Crippen LogP contribution in [0, 0.1) is 0 Å². The molecule has 0 saturated heterocycles. The van der Waals surface area contributed by atoms with Gasteiger partial charge in [-0.05, 0) is 18.6 Å². The molecule has 0 radical (unpaired) electrons. The summed E-state index contributed by atoms with van der Waals surface area (Å²) in [4.78, 5) is 36.7. The van der Waals surface area contributed by atoms with Gasteiger partial charge in [0.1, 0.15) is 6.61 Å². The van der Waals surface area contributed by atoms with Crippen molar-refractivity contribution in [1.29, 1.82) is 0 Å². The number of ether oxygens (including phenoxy) is 4. The van der Waals surface area contributed by atoms with Crippen LogP contribution in [0.5, 0.6) is 0 Å². The first kappa shape index (κ1) is 22.0. The Kier molecular flexibility index (Phi) is 9.61. The molecular weight excluding hydrogens is 366 g/mol. The predicted molar refractivity (Wildman–Crippen MR) is 100 cm³/mol. The monoisotopic (exact) mass is 393 g/mol. The maximum atomic E-state index is 12.2. The molecule has 1 aliphatic heterocycles. The van der Waals surface area contributed by atoms with Crippen molar-refractivity contribution in [2.45, 2.75) is 19.8 Å². The first-order chi connectivity index (χ1) is 13.6. The third kappa shape index (κ3) is 6.70. The summed E-state index contributed by atoms with van der Waals surface area (Å²) >= 11 is 0. The van der Waals surface area contributed by atoms with Gasteiger partial charge < -0.3 is 18.9 Å². The lowest BCUT2D eigenvalue weighted by Crippen LogP contribution is -2.33. The van der Waals surface area contributed by atoms with Gasteiger partial charge >= 0.3 is 5.97 Å². The summed E-state index contributed by atoms with van der Waals surface area (Å²) in [6.07, 6.45) is 1.20. The van der Waals surface area contributed by atoms with Crippen LogP contribution >= 0.6 is 0 Å². The van der Waals surface area contributed by atoms with Crippen molar-refractivity contribution in [3.05, 3.63) is 35.4 Å². The Morgan fingerprint density at radius 3 is 1.86 bits per heavy atom. The Hall–Kier alpha value is -2.29. The highest BCUT2D eigenvalue weighted by atomic mass is 16.6. The van der Waals surface area contributed by atoms with Crippen molar-refractivity contribution >= 4 is 17.8 Å². The zero-order valence-electron chi connectivity index (χ0n) is 16.2. The fraction of sp³-hybridized carbons (Fsp3) is 0.550. The zero-order valence-corrected chi connectivity index (χ0v) is 16.2. The van der Waals surface area contributed by atoms with E-state index >= 15 is 0 Å². The summed E-state index contributed by atoms with van der Waals surface area (Å²) < 4.78 is 21.0.